The number of carboxylic acid groups (broad SMARTS) is 1. The van der Waals surface area contributed by atoms with Crippen LogP contribution in [0, 0.1) is 6.92 Å². The number of aromatic nitrogens is 2. The molecule has 6 nitrogen and oxygen atoms in total. The van der Waals surface area contributed by atoms with Crippen LogP contribution in [0.1, 0.15) is 41.9 Å². The molecule has 0 amide bonds. The van der Waals surface area contributed by atoms with Crippen LogP contribution in [0.25, 0.3) is 0 Å². The van der Waals surface area contributed by atoms with Crippen LogP contribution < -0.4 is 4.90 Å². The first-order chi connectivity index (χ1) is 9.13. The van der Waals surface area contributed by atoms with Crippen LogP contribution in [-0.2, 0) is 0 Å². The summed E-state index contributed by atoms with van der Waals surface area (Å²) in [5.41, 5.74) is 0.103. The van der Waals surface area contributed by atoms with Crippen molar-refractivity contribution in [2.75, 3.05) is 18.1 Å². The van der Waals surface area contributed by atoms with Gasteiger partial charge in [-0.25, -0.2) is 14.8 Å². The highest BCUT2D eigenvalue weighted by atomic mass is 16.4. The summed E-state index contributed by atoms with van der Waals surface area (Å²) in [6.45, 7) is 2.13. The Morgan fingerprint density at radius 1 is 1.47 bits per heavy atom. The van der Waals surface area contributed by atoms with Gasteiger partial charge in [0.05, 0.1) is 6.61 Å². The van der Waals surface area contributed by atoms with Gasteiger partial charge < -0.3 is 15.1 Å². The molecule has 0 atom stereocenters. The third-order valence-electron chi connectivity index (χ3n) is 3.50. The average molecular weight is 265 g/mol. The van der Waals surface area contributed by atoms with Crippen molar-refractivity contribution in [1.82, 2.24) is 9.97 Å². The van der Waals surface area contributed by atoms with Gasteiger partial charge in [-0.05, 0) is 19.8 Å². The monoisotopic (exact) mass is 265 g/mol. The fourth-order valence-electron chi connectivity index (χ4n) is 2.61. The first-order valence-corrected chi connectivity index (χ1v) is 6.58. The van der Waals surface area contributed by atoms with Crippen molar-refractivity contribution in [3.63, 3.8) is 0 Å². The summed E-state index contributed by atoms with van der Waals surface area (Å²) in [5.74, 6) is -0.0576. The van der Waals surface area contributed by atoms with Crippen molar-refractivity contribution in [2.45, 2.75) is 38.6 Å². The minimum Gasteiger partial charge on any atom is -0.477 e. The fourth-order valence-corrected chi connectivity index (χ4v) is 2.61. The van der Waals surface area contributed by atoms with Crippen molar-refractivity contribution in [1.29, 1.82) is 0 Å². The molecular weight excluding hydrogens is 246 g/mol. The third kappa shape index (κ3) is 3.01. The Kier molecular flexibility index (Phi) is 4.31. The molecule has 0 aromatic carbocycles. The van der Waals surface area contributed by atoms with E-state index in [4.69, 9.17) is 0 Å². The summed E-state index contributed by atoms with van der Waals surface area (Å²) in [6.07, 6.45) is 5.65. The van der Waals surface area contributed by atoms with Gasteiger partial charge in [-0.15, -0.1) is 0 Å². The Bertz CT molecular complexity index is 458. The largest absolute Gasteiger partial charge is 0.477 e. The highest BCUT2D eigenvalue weighted by molar-refractivity contribution is 5.93. The van der Waals surface area contributed by atoms with E-state index in [0.717, 1.165) is 25.7 Å². The number of carboxylic acids is 1. The summed E-state index contributed by atoms with van der Waals surface area (Å²) >= 11 is 0. The van der Waals surface area contributed by atoms with E-state index in [9.17, 15) is 15.0 Å². The lowest BCUT2D eigenvalue weighted by molar-refractivity contribution is 0.0696. The van der Waals surface area contributed by atoms with Gasteiger partial charge in [-0.3, -0.25) is 0 Å². The van der Waals surface area contributed by atoms with Crippen LogP contribution in [0.15, 0.2) is 6.20 Å². The van der Waals surface area contributed by atoms with Crippen molar-refractivity contribution in [2.24, 2.45) is 0 Å². The minimum absolute atomic E-state index is 0.0153. The lowest BCUT2D eigenvalue weighted by Crippen LogP contribution is -2.37. The number of aliphatic hydroxyl groups excluding tert-OH is 1. The SMILES string of the molecule is Cc1ncc(C(=O)O)c(N(CCO)C2CCCC2)n1. The molecule has 0 aliphatic heterocycles. The van der Waals surface area contributed by atoms with Crippen LogP contribution in [0.2, 0.25) is 0 Å². The number of hydrogen-bond donors (Lipinski definition) is 2. The number of aromatic carboxylic acids is 1. The first-order valence-electron chi connectivity index (χ1n) is 6.58. The number of aliphatic hydroxyl groups is 1. The maximum atomic E-state index is 11.3. The molecule has 0 radical (unpaired) electrons. The van der Waals surface area contributed by atoms with Crippen LogP contribution in [0.5, 0.6) is 0 Å². The Morgan fingerprint density at radius 3 is 2.74 bits per heavy atom. The third-order valence-corrected chi connectivity index (χ3v) is 3.50. The van der Waals surface area contributed by atoms with Gasteiger partial charge in [0.1, 0.15) is 17.2 Å². The van der Waals surface area contributed by atoms with Gasteiger partial charge in [0.2, 0.25) is 0 Å². The molecule has 6 heteroatoms. The van der Waals surface area contributed by atoms with E-state index < -0.39 is 5.97 Å². The zero-order chi connectivity index (χ0) is 13.8. The first kappa shape index (κ1) is 13.7. The highest BCUT2D eigenvalue weighted by Crippen LogP contribution is 2.28. The predicted octanol–water partition coefficient (Wildman–Crippen LogP) is 1.22. The molecule has 1 aliphatic rings. The van der Waals surface area contributed by atoms with E-state index in [1.165, 1.54) is 6.20 Å². The van der Waals surface area contributed by atoms with E-state index in [1.807, 2.05) is 4.90 Å². The van der Waals surface area contributed by atoms with Crippen molar-refractivity contribution >= 4 is 11.8 Å². The molecule has 1 aromatic rings. The Labute approximate surface area is 112 Å². The van der Waals surface area contributed by atoms with Crippen molar-refractivity contribution in [3.05, 3.63) is 17.6 Å². The van der Waals surface area contributed by atoms with Gasteiger partial charge in [0.15, 0.2) is 0 Å². The fraction of sp³-hybridized carbons (Fsp3) is 0.615. The van der Waals surface area contributed by atoms with Gasteiger partial charge >= 0.3 is 5.97 Å². The van der Waals surface area contributed by atoms with E-state index in [1.54, 1.807) is 6.92 Å². The van der Waals surface area contributed by atoms with Gasteiger partial charge in [-0.2, -0.15) is 0 Å². The number of carbonyl (C=O) groups is 1. The lowest BCUT2D eigenvalue weighted by atomic mass is 10.2. The van der Waals surface area contributed by atoms with Crippen LogP contribution in [0.4, 0.5) is 5.82 Å². The van der Waals surface area contributed by atoms with Gasteiger partial charge in [0.25, 0.3) is 0 Å². The van der Waals surface area contributed by atoms with Crippen molar-refractivity contribution in [3.8, 4) is 0 Å². The second-order valence-electron chi connectivity index (χ2n) is 4.81. The maximum absolute atomic E-state index is 11.3. The molecule has 1 heterocycles. The molecule has 2 N–H and O–H groups in total. The summed E-state index contributed by atoms with van der Waals surface area (Å²) in [4.78, 5) is 21.4. The topological polar surface area (TPSA) is 86.5 Å². The molecule has 1 aliphatic carbocycles. The normalized spacial score (nSPS) is 15.7. The molecule has 104 valence electrons. The minimum atomic E-state index is -1.03. The van der Waals surface area contributed by atoms with Crippen molar-refractivity contribution < 1.29 is 15.0 Å². The molecule has 19 heavy (non-hydrogen) atoms. The number of anilines is 1. The van der Waals surface area contributed by atoms with E-state index in [2.05, 4.69) is 9.97 Å². The maximum Gasteiger partial charge on any atom is 0.341 e. The number of aryl methyl sites for hydroxylation is 1. The molecule has 2 rings (SSSR count). The predicted molar refractivity (Wildman–Crippen MR) is 70.4 cm³/mol. The zero-order valence-electron chi connectivity index (χ0n) is 11.0. The summed E-state index contributed by atoms with van der Waals surface area (Å²) in [5, 5.41) is 18.5. The molecule has 1 saturated carbocycles. The molecule has 0 unspecified atom stereocenters. The molecule has 1 fully saturated rings. The summed E-state index contributed by atoms with van der Waals surface area (Å²) < 4.78 is 0. The van der Waals surface area contributed by atoms with Crippen LogP contribution in [0.3, 0.4) is 0 Å². The lowest BCUT2D eigenvalue weighted by Gasteiger charge is -2.30. The number of rotatable bonds is 5. The quantitative estimate of drug-likeness (QED) is 0.832. The zero-order valence-corrected chi connectivity index (χ0v) is 11.0. The Balaban J connectivity index is 2.39. The molecular formula is C13H19N3O3. The molecule has 1 aromatic heterocycles. The van der Waals surface area contributed by atoms with Gasteiger partial charge in [0, 0.05) is 18.8 Å². The van der Waals surface area contributed by atoms with E-state index in [0.29, 0.717) is 18.2 Å². The number of nitrogens with zero attached hydrogens (tertiary/aromatic N) is 3. The molecule has 0 saturated heterocycles. The second-order valence-corrected chi connectivity index (χ2v) is 4.81. The second kappa shape index (κ2) is 5.97. The number of hydrogen-bond acceptors (Lipinski definition) is 5. The smallest absolute Gasteiger partial charge is 0.341 e. The molecule has 0 bridgehead atoms. The highest BCUT2D eigenvalue weighted by Gasteiger charge is 2.27. The van der Waals surface area contributed by atoms with Crippen LogP contribution in [-0.4, -0.2) is 45.3 Å². The van der Waals surface area contributed by atoms with E-state index >= 15 is 0 Å². The summed E-state index contributed by atoms with van der Waals surface area (Å²) in [6, 6.07) is 0.263. The van der Waals surface area contributed by atoms with Crippen LogP contribution >= 0.6 is 0 Å². The van der Waals surface area contributed by atoms with Gasteiger partial charge in [-0.1, -0.05) is 12.8 Å². The Morgan fingerprint density at radius 2 is 2.16 bits per heavy atom. The average Bonchev–Trinajstić information content (AvgIpc) is 2.89. The Hall–Kier alpha value is -1.69. The summed E-state index contributed by atoms with van der Waals surface area (Å²) in [7, 11) is 0. The van der Waals surface area contributed by atoms with E-state index in [-0.39, 0.29) is 18.2 Å². The molecule has 0 spiro atoms. The standard InChI is InChI=1S/C13H19N3O3/c1-9-14-8-11(13(18)19)12(15-9)16(6-7-17)10-4-2-3-5-10/h8,10,17H,2-7H2,1H3,(H,18,19).